The molecular weight excluding hydrogens is 254 g/mol. The Morgan fingerprint density at radius 3 is 2.89 bits per heavy atom. The Hall–Kier alpha value is -0.480. The third-order valence-electron chi connectivity index (χ3n) is 3.94. The van der Waals surface area contributed by atoms with Crippen molar-refractivity contribution in [3.8, 4) is 0 Å². The number of aromatic nitrogens is 2. The van der Waals surface area contributed by atoms with Gasteiger partial charge in [-0.3, -0.25) is 4.68 Å². The molecule has 3 unspecified atom stereocenters. The third kappa shape index (κ3) is 3.99. The molecule has 19 heavy (non-hydrogen) atoms. The van der Waals surface area contributed by atoms with E-state index in [0.717, 1.165) is 18.2 Å². The smallest absolute Gasteiger partial charge is 0.0942 e. The van der Waals surface area contributed by atoms with Crippen LogP contribution in [0.2, 0.25) is 0 Å². The first kappa shape index (κ1) is 14.9. The van der Waals surface area contributed by atoms with Crippen LogP contribution in [0, 0.1) is 12.8 Å². The highest BCUT2D eigenvalue weighted by Crippen LogP contribution is 2.36. The zero-order valence-corrected chi connectivity index (χ0v) is 13.5. The Balaban J connectivity index is 2.02. The molecule has 1 fully saturated rings. The van der Waals surface area contributed by atoms with Crippen LogP contribution in [-0.4, -0.2) is 27.6 Å². The van der Waals surface area contributed by atoms with Crippen molar-refractivity contribution in [2.75, 3.05) is 6.54 Å². The summed E-state index contributed by atoms with van der Waals surface area (Å²) in [7, 11) is 2.05. The summed E-state index contributed by atoms with van der Waals surface area (Å²) in [4.78, 5) is 0. The van der Waals surface area contributed by atoms with Crippen molar-refractivity contribution < 1.29 is 0 Å². The summed E-state index contributed by atoms with van der Waals surface area (Å²) >= 11 is 2.01. The number of aryl methyl sites for hydroxylation is 2. The van der Waals surface area contributed by atoms with Gasteiger partial charge >= 0.3 is 0 Å². The van der Waals surface area contributed by atoms with Gasteiger partial charge in [0.05, 0.1) is 10.7 Å². The predicted molar refractivity (Wildman–Crippen MR) is 82.7 cm³/mol. The lowest BCUT2D eigenvalue weighted by molar-refractivity contribution is 0.317. The summed E-state index contributed by atoms with van der Waals surface area (Å²) in [5.41, 5.74) is 1.12. The van der Waals surface area contributed by atoms with E-state index in [-0.39, 0.29) is 0 Å². The predicted octanol–water partition coefficient (Wildman–Crippen LogP) is 3.38. The standard InChI is InChI=1S/C15H27N3S/c1-5-8-16-13-7-6-11(2)9-14(13)19-15-10-12(3)17-18(15)4/h10-11,13-14,16H,5-9H2,1-4H3. The van der Waals surface area contributed by atoms with Gasteiger partial charge in [0.1, 0.15) is 0 Å². The summed E-state index contributed by atoms with van der Waals surface area (Å²) < 4.78 is 2.02. The highest BCUT2D eigenvalue weighted by atomic mass is 32.2. The van der Waals surface area contributed by atoms with E-state index in [1.54, 1.807) is 0 Å². The Morgan fingerprint density at radius 2 is 2.26 bits per heavy atom. The SMILES string of the molecule is CCCNC1CCC(C)CC1Sc1cc(C)nn1C. The topological polar surface area (TPSA) is 29.9 Å². The van der Waals surface area contributed by atoms with E-state index in [2.05, 4.69) is 44.3 Å². The van der Waals surface area contributed by atoms with Gasteiger partial charge in [-0.2, -0.15) is 5.10 Å². The van der Waals surface area contributed by atoms with Crippen molar-refractivity contribution >= 4 is 11.8 Å². The highest BCUT2D eigenvalue weighted by Gasteiger charge is 2.29. The number of thioether (sulfide) groups is 1. The lowest BCUT2D eigenvalue weighted by atomic mass is 9.87. The zero-order chi connectivity index (χ0) is 13.8. The van der Waals surface area contributed by atoms with Crippen molar-refractivity contribution in [1.82, 2.24) is 15.1 Å². The van der Waals surface area contributed by atoms with Crippen LogP contribution in [0.5, 0.6) is 0 Å². The molecule has 2 rings (SSSR count). The molecule has 1 heterocycles. The normalized spacial score (nSPS) is 27.7. The monoisotopic (exact) mass is 281 g/mol. The second-order valence-corrected chi connectivity index (χ2v) is 7.14. The molecule has 3 atom stereocenters. The van der Waals surface area contributed by atoms with Crippen molar-refractivity contribution in [1.29, 1.82) is 0 Å². The number of nitrogens with zero attached hydrogens (tertiary/aromatic N) is 2. The molecule has 0 amide bonds. The van der Waals surface area contributed by atoms with E-state index in [0.29, 0.717) is 11.3 Å². The third-order valence-corrected chi connectivity index (χ3v) is 5.39. The fraction of sp³-hybridized carbons (Fsp3) is 0.800. The maximum atomic E-state index is 4.46. The molecule has 1 aliphatic rings. The number of nitrogens with one attached hydrogen (secondary N) is 1. The molecule has 1 saturated carbocycles. The summed E-state index contributed by atoms with van der Waals surface area (Å²) in [6.07, 6.45) is 5.21. The largest absolute Gasteiger partial charge is 0.313 e. The van der Waals surface area contributed by atoms with E-state index in [1.165, 1.54) is 30.7 Å². The molecule has 0 saturated heterocycles. The van der Waals surface area contributed by atoms with Crippen LogP contribution in [0.4, 0.5) is 0 Å². The van der Waals surface area contributed by atoms with E-state index in [4.69, 9.17) is 0 Å². The molecule has 1 N–H and O–H groups in total. The lowest BCUT2D eigenvalue weighted by Gasteiger charge is -2.35. The minimum absolute atomic E-state index is 0.663. The minimum atomic E-state index is 0.663. The first-order valence-electron chi connectivity index (χ1n) is 7.50. The average molecular weight is 281 g/mol. The van der Waals surface area contributed by atoms with Gasteiger partial charge in [0, 0.05) is 18.3 Å². The molecular formula is C15H27N3S. The molecule has 0 radical (unpaired) electrons. The number of rotatable bonds is 5. The summed E-state index contributed by atoms with van der Waals surface area (Å²) in [6, 6.07) is 2.87. The van der Waals surface area contributed by atoms with Crippen molar-refractivity contribution in [3.05, 3.63) is 11.8 Å². The molecule has 0 aliphatic heterocycles. The molecule has 108 valence electrons. The Bertz CT molecular complexity index is 400. The number of hydrogen-bond donors (Lipinski definition) is 1. The van der Waals surface area contributed by atoms with Gasteiger partial charge in [0.2, 0.25) is 0 Å². The van der Waals surface area contributed by atoms with Crippen LogP contribution < -0.4 is 5.32 Å². The second kappa shape index (κ2) is 6.80. The molecule has 1 aromatic heterocycles. The van der Waals surface area contributed by atoms with Crippen LogP contribution in [-0.2, 0) is 7.05 Å². The van der Waals surface area contributed by atoms with Gasteiger partial charge in [-0.25, -0.2) is 0 Å². The van der Waals surface area contributed by atoms with Crippen molar-refractivity contribution in [3.63, 3.8) is 0 Å². The molecule has 0 spiro atoms. The van der Waals surface area contributed by atoms with Gasteiger partial charge in [0.15, 0.2) is 0 Å². The Labute approximate surface area is 121 Å². The second-order valence-electron chi connectivity index (χ2n) is 5.88. The van der Waals surface area contributed by atoms with E-state index in [9.17, 15) is 0 Å². The fourth-order valence-corrected chi connectivity index (χ4v) is 4.44. The van der Waals surface area contributed by atoms with Crippen molar-refractivity contribution in [2.45, 2.75) is 62.8 Å². The molecule has 0 aromatic carbocycles. The van der Waals surface area contributed by atoms with Gasteiger partial charge in [-0.1, -0.05) is 13.8 Å². The molecule has 4 heteroatoms. The molecule has 1 aromatic rings. The van der Waals surface area contributed by atoms with Gasteiger partial charge in [0.25, 0.3) is 0 Å². The Morgan fingerprint density at radius 1 is 1.47 bits per heavy atom. The summed E-state index contributed by atoms with van der Waals surface area (Å²) in [5, 5.41) is 10.2. The highest BCUT2D eigenvalue weighted by molar-refractivity contribution is 7.99. The maximum absolute atomic E-state index is 4.46. The van der Waals surface area contributed by atoms with E-state index >= 15 is 0 Å². The van der Waals surface area contributed by atoms with Gasteiger partial charge < -0.3 is 5.32 Å². The minimum Gasteiger partial charge on any atom is -0.313 e. The molecule has 3 nitrogen and oxygen atoms in total. The average Bonchev–Trinajstić information content (AvgIpc) is 2.67. The maximum Gasteiger partial charge on any atom is 0.0942 e. The number of hydrogen-bond acceptors (Lipinski definition) is 3. The van der Waals surface area contributed by atoms with Crippen LogP contribution in [0.25, 0.3) is 0 Å². The van der Waals surface area contributed by atoms with Crippen LogP contribution in [0.3, 0.4) is 0 Å². The van der Waals surface area contributed by atoms with Gasteiger partial charge in [-0.15, -0.1) is 11.8 Å². The summed E-state index contributed by atoms with van der Waals surface area (Å²) in [5.74, 6) is 0.853. The fourth-order valence-electron chi connectivity index (χ4n) is 2.87. The van der Waals surface area contributed by atoms with Crippen LogP contribution in [0.15, 0.2) is 11.1 Å². The van der Waals surface area contributed by atoms with Crippen LogP contribution >= 0.6 is 11.8 Å². The quantitative estimate of drug-likeness (QED) is 0.897. The first-order chi connectivity index (χ1) is 9.10. The Kier molecular flexibility index (Phi) is 5.34. The molecule has 0 bridgehead atoms. The van der Waals surface area contributed by atoms with E-state index < -0.39 is 0 Å². The first-order valence-corrected chi connectivity index (χ1v) is 8.38. The molecule has 1 aliphatic carbocycles. The summed E-state index contributed by atoms with van der Waals surface area (Å²) in [6.45, 7) is 7.84. The zero-order valence-electron chi connectivity index (χ0n) is 12.6. The van der Waals surface area contributed by atoms with Gasteiger partial charge in [-0.05, 0) is 51.1 Å². The van der Waals surface area contributed by atoms with Crippen molar-refractivity contribution in [2.24, 2.45) is 13.0 Å². The van der Waals surface area contributed by atoms with Crippen LogP contribution in [0.1, 0.15) is 45.2 Å². The van der Waals surface area contributed by atoms with E-state index in [1.807, 2.05) is 16.4 Å². The lowest BCUT2D eigenvalue weighted by Crippen LogP contribution is -2.42.